The van der Waals surface area contributed by atoms with E-state index < -0.39 is 6.03 Å². The fourth-order valence-corrected chi connectivity index (χ4v) is 3.48. The van der Waals surface area contributed by atoms with E-state index in [1.807, 2.05) is 13.2 Å². The summed E-state index contributed by atoms with van der Waals surface area (Å²) in [5.74, 6) is 0.0795. The predicted molar refractivity (Wildman–Crippen MR) is 108 cm³/mol. The summed E-state index contributed by atoms with van der Waals surface area (Å²) in [5, 5.41) is 15.6. The van der Waals surface area contributed by atoms with Crippen LogP contribution in [0.1, 0.15) is 58.9 Å². The van der Waals surface area contributed by atoms with Crippen molar-refractivity contribution in [2.45, 2.75) is 36.8 Å². The van der Waals surface area contributed by atoms with Gasteiger partial charge in [0.15, 0.2) is 0 Å². The smallest absolute Gasteiger partial charge is 0.316 e. The first kappa shape index (κ1) is 19.7. The second-order valence-electron chi connectivity index (χ2n) is 6.67. The molecule has 0 spiro atoms. The van der Waals surface area contributed by atoms with E-state index in [1.54, 1.807) is 30.3 Å². The van der Waals surface area contributed by atoms with Crippen LogP contribution in [0.5, 0.6) is 0 Å². The van der Waals surface area contributed by atoms with Crippen LogP contribution in [0.3, 0.4) is 0 Å². The van der Waals surface area contributed by atoms with Gasteiger partial charge in [-0.15, -0.1) is 11.8 Å². The summed E-state index contributed by atoms with van der Waals surface area (Å²) in [5.41, 5.74) is 8.09. The van der Waals surface area contributed by atoms with E-state index in [1.165, 1.54) is 11.8 Å². The van der Waals surface area contributed by atoms with Crippen LogP contribution in [-0.4, -0.2) is 23.2 Å². The number of carbonyl (C=O) groups is 2. The average molecular weight is 395 g/mol. The molecule has 1 saturated carbocycles. The maximum atomic E-state index is 12.9. The molecule has 1 aliphatic carbocycles. The quantitative estimate of drug-likeness (QED) is 0.646. The van der Waals surface area contributed by atoms with Crippen molar-refractivity contribution in [3.05, 3.63) is 52.7 Å². The molecule has 1 aromatic carbocycles. The molecule has 8 heteroatoms. The maximum absolute atomic E-state index is 12.9. The Hall–Kier alpha value is -3.05. The Morgan fingerprint density at radius 2 is 2.00 bits per heavy atom. The Morgan fingerprint density at radius 1 is 1.32 bits per heavy atom. The van der Waals surface area contributed by atoms with Gasteiger partial charge < -0.3 is 16.4 Å². The predicted octanol–water partition coefficient (Wildman–Crippen LogP) is 3.53. The van der Waals surface area contributed by atoms with E-state index in [4.69, 9.17) is 5.73 Å². The first-order valence-electron chi connectivity index (χ1n) is 8.89. The molecule has 1 heterocycles. The van der Waals surface area contributed by atoms with Gasteiger partial charge in [0.25, 0.3) is 5.91 Å². The van der Waals surface area contributed by atoms with Gasteiger partial charge in [-0.25, -0.2) is 9.78 Å². The second kappa shape index (κ2) is 8.31. The van der Waals surface area contributed by atoms with E-state index in [2.05, 4.69) is 21.7 Å². The molecular weight excluding hydrogens is 374 g/mol. The number of thioether (sulfide) groups is 1. The van der Waals surface area contributed by atoms with E-state index in [0.29, 0.717) is 27.8 Å². The third-order valence-electron chi connectivity index (χ3n) is 4.58. The summed E-state index contributed by atoms with van der Waals surface area (Å²) in [6, 6.07) is 10.00. The first-order valence-corrected chi connectivity index (χ1v) is 10.1. The van der Waals surface area contributed by atoms with Crippen molar-refractivity contribution in [1.29, 1.82) is 5.26 Å². The lowest BCUT2D eigenvalue weighted by Crippen LogP contribution is -2.28. The average Bonchev–Trinajstić information content (AvgIpc) is 3.52. The minimum absolute atomic E-state index is 0.281. The SMILES string of the molecule is CSc1nc(C2CC2)cc(C(=O)NC(C)c2ccc(NC(N)=O)cc2)c1C#N. The molecule has 4 N–H and O–H groups in total. The molecule has 0 aliphatic heterocycles. The minimum atomic E-state index is -0.633. The van der Waals surface area contributed by atoms with Gasteiger partial charge >= 0.3 is 6.03 Å². The number of nitrogens with zero attached hydrogens (tertiary/aromatic N) is 2. The molecule has 0 radical (unpaired) electrons. The number of anilines is 1. The number of hydrogen-bond acceptors (Lipinski definition) is 5. The van der Waals surface area contributed by atoms with Gasteiger partial charge in [-0.3, -0.25) is 4.79 Å². The van der Waals surface area contributed by atoms with Crippen molar-refractivity contribution in [1.82, 2.24) is 10.3 Å². The number of primary amides is 1. The highest BCUT2D eigenvalue weighted by Gasteiger charge is 2.28. The van der Waals surface area contributed by atoms with Gasteiger partial charge in [0, 0.05) is 17.3 Å². The molecule has 1 unspecified atom stereocenters. The molecule has 1 aromatic heterocycles. The third kappa shape index (κ3) is 4.43. The van der Waals surface area contributed by atoms with Gasteiger partial charge in [-0.2, -0.15) is 5.26 Å². The Bertz CT molecular complexity index is 948. The third-order valence-corrected chi connectivity index (χ3v) is 5.26. The molecule has 3 amide bonds. The molecule has 1 fully saturated rings. The number of nitrogens with two attached hydrogens (primary N) is 1. The van der Waals surface area contributed by atoms with Gasteiger partial charge in [0.05, 0.1) is 17.2 Å². The second-order valence-corrected chi connectivity index (χ2v) is 7.47. The van der Waals surface area contributed by atoms with E-state index in [9.17, 15) is 14.9 Å². The monoisotopic (exact) mass is 395 g/mol. The van der Waals surface area contributed by atoms with E-state index in [0.717, 1.165) is 24.1 Å². The molecule has 0 bridgehead atoms. The van der Waals surface area contributed by atoms with Crippen LogP contribution in [0.25, 0.3) is 0 Å². The Balaban J connectivity index is 1.81. The van der Waals surface area contributed by atoms with Gasteiger partial charge in [-0.1, -0.05) is 12.1 Å². The number of nitriles is 1. The van der Waals surface area contributed by atoms with Crippen LogP contribution < -0.4 is 16.4 Å². The molecule has 7 nitrogen and oxygen atoms in total. The molecule has 144 valence electrons. The van der Waals surface area contributed by atoms with Crippen molar-refractivity contribution in [2.24, 2.45) is 5.73 Å². The number of aromatic nitrogens is 1. The standard InChI is InChI=1S/C20H21N5O2S/c1-11(12-5-7-14(8-6-12)24-20(22)27)23-18(26)15-9-17(13-3-4-13)25-19(28-2)16(15)10-21/h5-9,11,13H,3-4H2,1-2H3,(H,23,26)(H3,22,24,27). The number of urea groups is 1. The Labute approximate surface area is 167 Å². The van der Waals surface area contributed by atoms with Crippen molar-refractivity contribution < 1.29 is 9.59 Å². The summed E-state index contributed by atoms with van der Waals surface area (Å²) in [4.78, 5) is 28.4. The zero-order valence-corrected chi connectivity index (χ0v) is 16.5. The highest BCUT2D eigenvalue weighted by atomic mass is 32.2. The number of carbonyl (C=O) groups excluding carboxylic acids is 2. The number of amides is 3. The molecule has 1 atom stereocenters. The fraction of sp³-hybridized carbons (Fsp3) is 0.300. The number of hydrogen-bond donors (Lipinski definition) is 3. The summed E-state index contributed by atoms with van der Waals surface area (Å²) in [6.45, 7) is 1.86. The number of pyridine rings is 1. The summed E-state index contributed by atoms with van der Waals surface area (Å²) < 4.78 is 0. The lowest BCUT2D eigenvalue weighted by Gasteiger charge is -2.17. The van der Waals surface area contributed by atoms with E-state index >= 15 is 0 Å². The van der Waals surface area contributed by atoms with Crippen molar-refractivity contribution in [3.63, 3.8) is 0 Å². The van der Waals surface area contributed by atoms with Gasteiger partial charge in [0.2, 0.25) is 0 Å². The highest BCUT2D eigenvalue weighted by molar-refractivity contribution is 7.98. The Morgan fingerprint density at radius 3 is 2.54 bits per heavy atom. The number of nitrogens with one attached hydrogen (secondary N) is 2. The molecule has 2 aromatic rings. The van der Waals surface area contributed by atoms with Crippen molar-refractivity contribution >= 4 is 29.4 Å². The van der Waals surface area contributed by atoms with Crippen LogP contribution in [0.15, 0.2) is 35.4 Å². The topological polar surface area (TPSA) is 121 Å². The van der Waals surface area contributed by atoms with Crippen molar-refractivity contribution in [3.8, 4) is 6.07 Å². The normalized spacial score (nSPS) is 14.0. The number of benzene rings is 1. The van der Waals surface area contributed by atoms with Crippen LogP contribution >= 0.6 is 11.8 Å². The maximum Gasteiger partial charge on any atom is 0.316 e. The molecular formula is C20H21N5O2S. The van der Waals surface area contributed by atoms with E-state index in [-0.39, 0.29) is 11.9 Å². The van der Waals surface area contributed by atoms with Crippen LogP contribution in [-0.2, 0) is 0 Å². The lowest BCUT2D eigenvalue weighted by atomic mass is 10.0. The first-order chi connectivity index (χ1) is 13.4. The summed E-state index contributed by atoms with van der Waals surface area (Å²) in [6.07, 6.45) is 3.98. The van der Waals surface area contributed by atoms with Gasteiger partial charge in [0.1, 0.15) is 11.1 Å². The van der Waals surface area contributed by atoms with Gasteiger partial charge in [-0.05, 0) is 49.8 Å². The minimum Gasteiger partial charge on any atom is -0.351 e. The van der Waals surface area contributed by atoms with Crippen molar-refractivity contribution in [2.75, 3.05) is 11.6 Å². The van der Waals surface area contributed by atoms with Crippen LogP contribution in [0.4, 0.5) is 10.5 Å². The highest BCUT2D eigenvalue weighted by Crippen LogP contribution is 2.40. The molecule has 0 saturated heterocycles. The summed E-state index contributed by atoms with van der Waals surface area (Å²) in [7, 11) is 0. The summed E-state index contributed by atoms with van der Waals surface area (Å²) >= 11 is 1.37. The zero-order chi connectivity index (χ0) is 20.3. The largest absolute Gasteiger partial charge is 0.351 e. The Kier molecular flexibility index (Phi) is 5.85. The number of rotatable bonds is 6. The molecule has 1 aliphatic rings. The molecule has 28 heavy (non-hydrogen) atoms. The molecule has 3 rings (SSSR count). The lowest BCUT2D eigenvalue weighted by molar-refractivity contribution is 0.0939. The fourth-order valence-electron chi connectivity index (χ4n) is 2.92. The zero-order valence-electron chi connectivity index (χ0n) is 15.7. The van der Waals surface area contributed by atoms with Crippen LogP contribution in [0, 0.1) is 11.3 Å². The van der Waals surface area contributed by atoms with Crippen LogP contribution in [0.2, 0.25) is 0 Å².